The molecule has 0 heterocycles. The fourth-order valence-electron chi connectivity index (χ4n) is 1.75. The molecule has 112 valence electrons. The first-order valence-corrected chi connectivity index (χ1v) is 7.45. The second kappa shape index (κ2) is 10.8. The highest BCUT2D eigenvalue weighted by molar-refractivity contribution is 5.96. The highest BCUT2D eigenvalue weighted by atomic mass is 16.2. The second-order valence-corrected chi connectivity index (χ2v) is 5.95. The van der Waals surface area contributed by atoms with Gasteiger partial charge in [0.2, 0.25) is 11.8 Å². The normalized spacial score (nSPS) is 10.8. The molecule has 0 aromatic carbocycles. The molecular formula is C15H30N2O2. The van der Waals surface area contributed by atoms with E-state index in [1.165, 1.54) is 0 Å². The fraction of sp³-hybridized carbons (Fsp3) is 0.867. The smallest absolute Gasteiger partial charge is 0.229 e. The predicted molar refractivity (Wildman–Crippen MR) is 78.8 cm³/mol. The van der Waals surface area contributed by atoms with Gasteiger partial charge in [-0.05, 0) is 37.5 Å². The third-order valence-electron chi connectivity index (χ3n) is 2.88. The summed E-state index contributed by atoms with van der Waals surface area (Å²) >= 11 is 0. The SMILES string of the molecule is CC(C)CCCNC(=O)CC(=O)NCCCC(C)C. The number of carbonyl (C=O) groups excluding carboxylic acids is 2. The topological polar surface area (TPSA) is 58.2 Å². The standard InChI is InChI=1S/C15H30N2O2/c1-12(2)7-5-9-16-14(18)11-15(19)17-10-6-8-13(3)4/h12-13H,5-11H2,1-4H3,(H,16,18)(H,17,19). The van der Waals surface area contributed by atoms with Crippen molar-refractivity contribution in [1.82, 2.24) is 10.6 Å². The molecule has 0 aliphatic carbocycles. The van der Waals surface area contributed by atoms with Gasteiger partial charge in [0.25, 0.3) is 0 Å². The lowest BCUT2D eigenvalue weighted by Gasteiger charge is -2.08. The van der Waals surface area contributed by atoms with E-state index in [1.807, 2.05) is 0 Å². The van der Waals surface area contributed by atoms with Crippen molar-refractivity contribution in [3.05, 3.63) is 0 Å². The number of rotatable bonds is 10. The molecule has 0 atom stereocenters. The first kappa shape index (κ1) is 17.9. The Kier molecular flexibility index (Phi) is 10.2. The molecule has 4 nitrogen and oxygen atoms in total. The van der Waals surface area contributed by atoms with Crippen LogP contribution < -0.4 is 10.6 Å². The van der Waals surface area contributed by atoms with E-state index in [0.29, 0.717) is 24.9 Å². The summed E-state index contributed by atoms with van der Waals surface area (Å²) < 4.78 is 0. The average Bonchev–Trinajstić information content (AvgIpc) is 2.30. The molecule has 0 saturated heterocycles. The highest BCUT2D eigenvalue weighted by Crippen LogP contribution is 2.02. The van der Waals surface area contributed by atoms with E-state index in [0.717, 1.165) is 25.7 Å². The van der Waals surface area contributed by atoms with Crippen molar-refractivity contribution < 1.29 is 9.59 Å². The minimum atomic E-state index is -0.176. The predicted octanol–water partition coefficient (Wildman–Crippen LogP) is 2.48. The molecule has 0 aromatic rings. The molecule has 0 aliphatic heterocycles. The van der Waals surface area contributed by atoms with Gasteiger partial charge in [0.15, 0.2) is 0 Å². The Morgan fingerprint density at radius 2 is 1.16 bits per heavy atom. The van der Waals surface area contributed by atoms with Crippen molar-refractivity contribution in [3.63, 3.8) is 0 Å². The van der Waals surface area contributed by atoms with Crippen LogP contribution >= 0.6 is 0 Å². The molecular weight excluding hydrogens is 240 g/mol. The van der Waals surface area contributed by atoms with Crippen LogP contribution in [0.15, 0.2) is 0 Å². The molecule has 0 aromatic heterocycles. The maximum absolute atomic E-state index is 11.5. The molecule has 2 N–H and O–H groups in total. The lowest BCUT2D eigenvalue weighted by Crippen LogP contribution is -2.32. The molecule has 0 saturated carbocycles. The zero-order valence-electron chi connectivity index (χ0n) is 12.9. The van der Waals surface area contributed by atoms with Crippen LogP contribution in [0.5, 0.6) is 0 Å². The molecule has 0 unspecified atom stereocenters. The van der Waals surface area contributed by atoms with Gasteiger partial charge in [-0.25, -0.2) is 0 Å². The first-order chi connectivity index (χ1) is 8.91. The monoisotopic (exact) mass is 270 g/mol. The summed E-state index contributed by atoms with van der Waals surface area (Å²) in [7, 11) is 0. The van der Waals surface area contributed by atoms with E-state index >= 15 is 0 Å². The van der Waals surface area contributed by atoms with Crippen LogP contribution in [0.2, 0.25) is 0 Å². The summed E-state index contributed by atoms with van der Waals surface area (Å²) in [4.78, 5) is 22.9. The molecule has 0 fully saturated rings. The minimum absolute atomic E-state index is 0.0522. The minimum Gasteiger partial charge on any atom is -0.356 e. The van der Waals surface area contributed by atoms with Crippen molar-refractivity contribution in [2.24, 2.45) is 11.8 Å². The fourth-order valence-corrected chi connectivity index (χ4v) is 1.75. The summed E-state index contributed by atoms with van der Waals surface area (Å²) in [6.07, 6.45) is 4.09. The summed E-state index contributed by atoms with van der Waals surface area (Å²) in [6.45, 7) is 9.97. The van der Waals surface area contributed by atoms with E-state index in [1.54, 1.807) is 0 Å². The van der Waals surface area contributed by atoms with Gasteiger partial charge >= 0.3 is 0 Å². The Bertz CT molecular complexity index is 237. The van der Waals surface area contributed by atoms with Gasteiger partial charge in [0, 0.05) is 13.1 Å². The number of carbonyl (C=O) groups is 2. The van der Waals surface area contributed by atoms with Gasteiger partial charge in [-0.15, -0.1) is 0 Å². The van der Waals surface area contributed by atoms with E-state index in [2.05, 4.69) is 38.3 Å². The van der Waals surface area contributed by atoms with Crippen LogP contribution in [-0.4, -0.2) is 24.9 Å². The van der Waals surface area contributed by atoms with Gasteiger partial charge in [-0.2, -0.15) is 0 Å². The Hall–Kier alpha value is -1.06. The Morgan fingerprint density at radius 3 is 1.47 bits per heavy atom. The van der Waals surface area contributed by atoms with E-state index in [4.69, 9.17) is 0 Å². The van der Waals surface area contributed by atoms with Crippen molar-refractivity contribution in [2.75, 3.05) is 13.1 Å². The van der Waals surface area contributed by atoms with E-state index in [-0.39, 0.29) is 18.2 Å². The van der Waals surface area contributed by atoms with Gasteiger partial charge in [-0.3, -0.25) is 9.59 Å². The summed E-state index contributed by atoms with van der Waals surface area (Å²) in [6, 6.07) is 0. The molecule has 0 radical (unpaired) electrons. The van der Waals surface area contributed by atoms with Crippen LogP contribution in [0.3, 0.4) is 0 Å². The van der Waals surface area contributed by atoms with Crippen molar-refractivity contribution >= 4 is 11.8 Å². The van der Waals surface area contributed by atoms with Gasteiger partial charge in [0.1, 0.15) is 6.42 Å². The molecule has 4 heteroatoms. The molecule has 2 amide bonds. The van der Waals surface area contributed by atoms with Crippen molar-refractivity contribution in [1.29, 1.82) is 0 Å². The van der Waals surface area contributed by atoms with Crippen LogP contribution in [0.25, 0.3) is 0 Å². The molecule has 0 bridgehead atoms. The number of amides is 2. The number of hydrogen-bond acceptors (Lipinski definition) is 2. The van der Waals surface area contributed by atoms with Crippen molar-refractivity contribution in [3.8, 4) is 0 Å². The maximum atomic E-state index is 11.5. The quantitative estimate of drug-likeness (QED) is 0.473. The summed E-state index contributed by atoms with van der Waals surface area (Å²) in [5.41, 5.74) is 0. The van der Waals surface area contributed by atoms with Gasteiger partial charge in [0.05, 0.1) is 0 Å². The third kappa shape index (κ3) is 13.2. The van der Waals surface area contributed by atoms with Crippen LogP contribution in [0, 0.1) is 11.8 Å². The van der Waals surface area contributed by atoms with Crippen LogP contribution in [0.4, 0.5) is 0 Å². The Labute approximate surface area is 117 Å². The lowest BCUT2D eigenvalue weighted by molar-refractivity contribution is -0.129. The lowest BCUT2D eigenvalue weighted by atomic mass is 10.1. The first-order valence-electron chi connectivity index (χ1n) is 7.45. The van der Waals surface area contributed by atoms with Gasteiger partial charge < -0.3 is 10.6 Å². The number of nitrogens with one attached hydrogen (secondary N) is 2. The zero-order valence-corrected chi connectivity index (χ0v) is 12.9. The zero-order chi connectivity index (χ0) is 14.7. The molecule has 19 heavy (non-hydrogen) atoms. The van der Waals surface area contributed by atoms with Gasteiger partial charge in [-0.1, -0.05) is 27.7 Å². The maximum Gasteiger partial charge on any atom is 0.229 e. The molecule has 0 aliphatic rings. The van der Waals surface area contributed by atoms with Crippen molar-refractivity contribution in [2.45, 2.75) is 59.8 Å². The largest absolute Gasteiger partial charge is 0.356 e. The Morgan fingerprint density at radius 1 is 0.789 bits per heavy atom. The van der Waals surface area contributed by atoms with E-state index in [9.17, 15) is 9.59 Å². The summed E-state index contributed by atoms with van der Waals surface area (Å²) in [5.74, 6) is 0.956. The second-order valence-electron chi connectivity index (χ2n) is 5.95. The number of hydrogen-bond donors (Lipinski definition) is 2. The van der Waals surface area contributed by atoms with E-state index < -0.39 is 0 Å². The summed E-state index contributed by atoms with van der Waals surface area (Å²) in [5, 5.41) is 5.56. The third-order valence-corrected chi connectivity index (χ3v) is 2.88. The van der Waals surface area contributed by atoms with Crippen LogP contribution in [-0.2, 0) is 9.59 Å². The molecule has 0 rings (SSSR count). The average molecular weight is 270 g/mol. The molecule has 0 spiro atoms. The van der Waals surface area contributed by atoms with Crippen LogP contribution in [0.1, 0.15) is 59.8 Å². The Balaban J connectivity index is 3.50. The highest BCUT2D eigenvalue weighted by Gasteiger charge is 2.08.